The van der Waals surface area contributed by atoms with Crippen LogP contribution in [0.25, 0.3) is 0 Å². The second-order valence-electron chi connectivity index (χ2n) is 8.24. The molecule has 1 aliphatic rings. The fourth-order valence-electron chi connectivity index (χ4n) is 3.75. The summed E-state index contributed by atoms with van der Waals surface area (Å²) in [5.74, 6) is -0.534. The van der Waals surface area contributed by atoms with E-state index in [1.54, 1.807) is 36.4 Å². The topological polar surface area (TPSA) is 99.3 Å². The molecule has 1 heterocycles. The molecule has 9 heteroatoms. The summed E-state index contributed by atoms with van der Waals surface area (Å²) < 4.78 is 45.5. The van der Waals surface area contributed by atoms with E-state index in [1.807, 2.05) is 26.8 Å². The van der Waals surface area contributed by atoms with E-state index >= 15 is 4.39 Å². The number of rotatable bonds is 6. The molecule has 1 atom stereocenters. The summed E-state index contributed by atoms with van der Waals surface area (Å²) in [5.41, 5.74) is 5.68. The molecule has 0 fully saturated rings. The van der Waals surface area contributed by atoms with Gasteiger partial charge in [0.15, 0.2) is 0 Å². The van der Waals surface area contributed by atoms with Crippen LogP contribution in [0.1, 0.15) is 33.6 Å². The van der Waals surface area contributed by atoms with Crippen molar-refractivity contribution in [2.75, 3.05) is 15.2 Å². The highest BCUT2D eigenvalue weighted by Crippen LogP contribution is 2.66. The van der Waals surface area contributed by atoms with Gasteiger partial charge in [0.1, 0.15) is 11.5 Å². The predicted octanol–water partition coefficient (Wildman–Crippen LogP) is 5.65. The molecule has 0 radical (unpaired) electrons. The quantitative estimate of drug-likeness (QED) is 0.505. The van der Waals surface area contributed by atoms with E-state index in [9.17, 15) is 13.9 Å². The van der Waals surface area contributed by atoms with Crippen molar-refractivity contribution in [3.63, 3.8) is 0 Å². The molecule has 164 valence electrons. The smallest absolute Gasteiger partial charge is 0.404 e. The van der Waals surface area contributed by atoms with Gasteiger partial charge in [0.25, 0.3) is 0 Å². The maximum absolute atomic E-state index is 15.1. The van der Waals surface area contributed by atoms with Crippen molar-refractivity contribution in [3.05, 3.63) is 54.3 Å². The van der Waals surface area contributed by atoms with Crippen LogP contribution in [0.2, 0.25) is 0 Å². The Morgan fingerprint density at radius 3 is 2.43 bits per heavy atom. The van der Waals surface area contributed by atoms with Gasteiger partial charge in [-0.2, -0.15) is 0 Å². The number of nitrogens with zero attached hydrogens (tertiary/aromatic N) is 2. The van der Waals surface area contributed by atoms with Gasteiger partial charge in [-0.15, -0.1) is 0 Å². The van der Waals surface area contributed by atoms with Crippen molar-refractivity contribution in [1.82, 2.24) is 0 Å². The Kier molecular flexibility index (Phi) is 6.16. The van der Waals surface area contributed by atoms with Gasteiger partial charge in [-0.1, -0.05) is 45.0 Å². The summed E-state index contributed by atoms with van der Waals surface area (Å²) in [6, 6.07) is 13.0. The number of para-hydroxylation sites is 2. The molecule has 0 bridgehead atoms. The highest BCUT2D eigenvalue weighted by molar-refractivity contribution is 8.27. The zero-order chi connectivity index (χ0) is 22.1. The van der Waals surface area contributed by atoms with Crippen LogP contribution in [-0.2, 0) is 4.74 Å². The Bertz CT molecular complexity index is 905. The first-order valence-corrected chi connectivity index (χ1v) is 11.1. The van der Waals surface area contributed by atoms with Crippen LogP contribution in [0.3, 0.4) is 0 Å². The van der Waals surface area contributed by atoms with Crippen molar-refractivity contribution in [2.45, 2.75) is 39.7 Å². The average Bonchev–Trinajstić information content (AvgIpc) is 2.88. The summed E-state index contributed by atoms with van der Waals surface area (Å²) >= 11 is 0. The molecule has 1 aliphatic heterocycles. The molecular weight excluding hydrogens is 409 g/mol. The molecule has 0 aromatic heterocycles. The number of anilines is 3. The minimum absolute atomic E-state index is 0.0987. The van der Waals surface area contributed by atoms with E-state index in [-0.39, 0.29) is 12.3 Å². The summed E-state index contributed by atoms with van der Waals surface area (Å²) in [5, 5.41) is 0. The minimum Gasteiger partial charge on any atom is -0.450 e. The normalized spacial score (nSPS) is 17.4. The van der Waals surface area contributed by atoms with Crippen LogP contribution in [-0.4, -0.2) is 27.8 Å². The number of benzene rings is 2. The summed E-state index contributed by atoms with van der Waals surface area (Å²) in [6.07, 6.45) is 0.00846. The SMILES string of the molecule is CC(C)(C)C(CCCOC(N)=O)N1c2c(F)cccc2N(c2ccccc2)S1(O)O. The molecular formula is C21H28FN3O4S. The Hall–Kier alpha value is -2.49. The fourth-order valence-corrected chi connectivity index (χ4v) is 5.93. The second-order valence-corrected chi connectivity index (χ2v) is 9.98. The minimum atomic E-state index is -3.60. The summed E-state index contributed by atoms with van der Waals surface area (Å²) in [6.45, 7) is 5.96. The first-order chi connectivity index (χ1) is 14.0. The van der Waals surface area contributed by atoms with Crippen molar-refractivity contribution in [1.29, 1.82) is 0 Å². The van der Waals surface area contributed by atoms with E-state index in [1.165, 1.54) is 14.7 Å². The third kappa shape index (κ3) is 4.19. The predicted molar refractivity (Wildman–Crippen MR) is 118 cm³/mol. The van der Waals surface area contributed by atoms with E-state index < -0.39 is 34.3 Å². The molecule has 2 aromatic rings. The molecule has 0 saturated heterocycles. The van der Waals surface area contributed by atoms with Gasteiger partial charge in [-0.05, 0) is 53.5 Å². The number of amides is 1. The molecule has 2 aromatic carbocycles. The van der Waals surface area contributed by atoms with Gasteiger partial charge in [-0.25, -0.2) is 17.8 Å². The number of halogens is 1. The average molecular weight is 438 g/mol. The molecule has 0 spiro atoms. The Balaban J connectivity index is 2.06. The number of fused-ring (bicyclic) bond motifs is 1. The van der Waals surface area contributed by atoms with Gasteiger partial charge >= 0.3 is 6.09 Å². The van der Waals surface area contributed by atoms with Crippen molar-refractivity contribution < 1.29 is 23.0 Å². The Morgan fingerprint density at radius 1 is 1.17 bits per heavy atom. The first-order valence-electron chi connectivity index (χ1n) is 9.69. The molecule has 3 rings (SSSR count). The van der Waals surface area contributed by atoms with E-state index in [0.717, 1.165) is 0 Å². The van der Waals surface area contributed by atoms with Crippen LogP contribution in [0, 0.1) is 11.2 Å². The third-order valence-electron chi connectivity index (χ3n) is 5.05. The number of nitrogens with two attached hydrogens (primary N) is 1. The lowest BCUT2D eigenvalue weighted by Crippen LogP contribution is -2.46. The third-order valence-corrected chi connectivity index (χ3v) is 6.92. The zero-order valence-electron chi connectivity index (χ0n) is 17.3. The standard InChI is InChI=1S/C21H28FN3O4S/c1-21(2,3)18(13-8-14-29-20(23)26)25-19-16(22)11-7-12-17(19)24(30(25,27)28)15-9-5-4-6-10-15/h4-7,9-12,18,27-28H,8,13-14H2,1-3H3,(H2,23,26). The number of hydrogen-bond acceptors (Lipinski definition) is 6. The van der Waals surface area contributed by atoms with Crippen LogP contribution >= 0.6 is 11.0 Å². The van der Waals surface area contributed by atoms with E-state index in [2.05, 4.69) is 0 Å². The summed E-state index contributed by atoms with van der Waals surface area (Å²) in [7, 11) is -3.60. The molecule has 1 unspecified atom stereocenters. The van der Waals surface area contributed by atoms with Gasteiger partial charge in [0.05, 0.1) is 24.0 Å². The van der Waals surface area contributed by atoms with Crippen molar-refractivity contribution >= 4 is 34.1 Å². The maximum atomic E-state index is 15.1. The van der Waals surface area contributed by atoms with E-state index in [0.29, 0.717) is 24.2 Å². The molecule has 1 amide bonds. The van der Waals surface area contributed by atoms with Gasteiger partial charge in [0, 0.05) is 0 Å². The number of primary amides is 1. The Morgan fingerprint density at radius 2 is 1.83 bits per heavy atom. The Labute approximate surface area is 177 Å². The fraction of sp³-hybridized carbons (Fsp3) is 0.381. The number of hydrogen-bond donors (Lipinski definition) is 3. The largest absolute Gasteiger partial charge is 0.450 e. The van der Waals surface area contributed by atoms with Gasteiger partial charge in [-0.3, -0.25) is 9.11 Å². The van der Waals surface area contributed by atoms with Gasteiger partial charge < -0.3 is 10.5 Å². The lowest BCUT2D eigenvalue weighted by Gasteiger charge is -2.50. The number of ether oxygens (including phenoxy) is 1. The lowest BCUT2D eigenvalue weighted by atomic mass is 9.83. The monoisotopic (exact) mass is 437 g/mol. The molecule has 0 saturated carbocycles. The molecule has 7 nitrogen and oxygen atoms in total. The molecule has 30 heavy (non-hydrogen) atoms. The molecule has 0 aliphatic carbocycles. The maximum Gasteiger partial charge on any atom is 0.404 e. The summed E-state index contributed by atoms with van der Waals surface area (Å²) in [4.78, 5) is 10.9. The first kappa shape index (κ1) is 22.2. The van der Waals surface area contributed by atoms with Crippen LogP contribution < -0.4 is 14.3 Å². The van der Waals surface area contributed by atoms with Crippen LogP contribution in [0.4, 0.5) is 26.2 Å². The zero-order valence-corrected chi connectivity index (χ0v) is 18.1. The highest BCUT2D eigenvalue weighted by atomic mass is 32.3. The van der Waals surface area contributed by atoms with Crippen molar-refractivity contribution in [3.8, 4) is 0 Å². The van der Waals surface area contributed by atoms with Crippen LogP contribution in [0.15, 0.2) is 48.5 Å². The van der Waals surface area contributed by atoms with Crippen LogP contribution in [0.5, 0.6) is 0 Å². The van der Waals surface area contributed by atoms with Gasteiger partial charge in [0.2, 0.25) is 0 Å². The molecule has 4 N–H and O–H groups in total. The van der Waals surface area contributed by atoms with E-state index in [4.69, 9.17) is 10.5 Å². The second kappa shape index (κ2) is 8.33. The number of carbonyl (C=O) groups excluding carboxylic acids is 1. The number of carbonyl (C=O) groups is 1. The lowest BCUT2D eigenvalue weighted by molar-refractivity contribution is 0.151. The van der Waals surface area contributed by atoms with Crippen molar-refractivity contribution in [2.24, 2.45) is 11.1 Å². The highest BCUT2D eigenvalue weighted by Gasteiger charge is 2.49.